The Morgan fingerprint density at radius 1 is 0.302 bits per heavy atom. The smallest absolute Gasteiger partial charge is 0.125 e. The molecule has 1 aromatic carbocycles. The molecule has 0 N–H and O–H groups in total. The highest BCUT2D eigenvalue weighted by molar-refractivity contribution is 5.39. The van der Waals surface area contributed by atoms with Crippen molar-refractivity contribution < 1.29 is 9.47 Å². The van der Waals surface area contributed by atoms with E-state index in [0.717, 1.165) is 37.6 Å². The van der Waals surface area contributed by atoms with Gasteiger partial charge in [0.2, 0.25) is 0 Å². The van der Waals surface area contributed by atoms with Crippen molar-refractivity contribution in [2.24, 2.45) is 0 Å². The van der Waals surface area contributed by atoms with Crippen molar-refractivity contribution >= 4 is 0 Å². The highest BCUT2D eigenvalue weighted by Crippen LogP contribution is 2.25. The van der Waals surface area contributed by atoms with E-state index in [0.29, 0.717) is 0 Å². The molecule has 312 valence electrons. The zero-order valence-corrected chi connectivity index (χ0v) is 36.7. The molecular formula is C51H96O2. The highest BCUT2D eigenvalue weighted by atomic mass is 16.5. The molecule has 1 rings (SSSR count). The van der Waals surface area contributed by atoms with Crippen LogP contribution in [-0.4, -0.2) is 13.2 Å². The SMILES string of the molecule is CCCCCCCCCCCCCCCCCCCCCCOc1ccc(C)c(OCCCCCCCCCCCCCCCCCCCCCC)c1. The van der Waals surface area contributed by atoms with Crippen LogP contribution < -0.4 is 9.47 Å². The minimum Gasteiger partial charge on any atom is -0.493 e. The van der Waals surface area contributed by atoms with E-state index in [4.69, 9.17) is 9.47 Å². The second kappa shape index (κ2) is 42.0. The van der Waals surface area contributed by atoms with Gasteiger partial charge in [-0.2, -0.15) is 0 Å². The molecule has 0 heterocycles. The molecule has 53 heavy (non-hydrogen) atoms. The lowest BCUT2D eigenvalue weighted by Gasteiger charge is -2.12. The average molecular weight is 741 g/mol. The molecule has 0 aliphatic carbocycles. The van der Waals surface area contributed by atoms with E-state index >= 15 is 0 Å². The van der Waals surface area contributed by atoms with Gasteiger partial charge >= 0.3 is 0 Å². The van der Waals surface area contributed by atoms with Crippen LogP contribution in [-0.2, 0) is 0 Å². The molecule has 0 radical (unpaired) electrons. The molecule has 0 aliphatic rings. The number of hydrogen-bond donors (Lipinski definition) is 0. The van der Waals surface area contributed by atoms with Crippen LogP contribution in [0.3, 0.4) is 0 Å². The Morgan fingerprint density at radius 2 is 0.547 bits per heavy atom. The second-order valence-corrected chi connectivity index (χ2v) is 17.1. The van der Waals surface area contributed by atoms with Crippen LogP contribution in [0.5, 0.6) is 11.5 Å². The van der Waals surface area contributed by atoms with Gasteiger partial charge in [-0.1, -0.05) is 264 Å². The quantitative estimate of drug-likeness (QED) is 0.0620. The van der Waals surface area contributed by atoms with Crippen molar-refractivity contribution in [1.29, 1.82) is 0 Å². The van der Waals surface area contributed by atoms with E-state index in [1.165, 1.54) is 250 Å². The summed E-state index contributed by atoms with van der Waals surface area (Å²) in [7, 11) is 0. The standard InChI is InChI=1S/C51H96O2/c1-4-6-8-10-12-14-16-18-20-22-24-26-28-30-32-34-36-38-40-42-46-52-50-45-44-49(3)51(48-50)53-47-43-41-39-37-35-33-31-29-27-25-23-21-19-17-15-13-11-9-7-5-2/h44-45,48H,4-43,46-47H2,1-3H3. The van der Waals surface area contributed by atoms with Crippen molar-refractivity contribution in [3.63, 3.8) is 0 Å². The lowest BCUT2D eigenvalue weighted by atomic mass is 10.0. The Balaban J connectivity index is 1.84. The lowest BCUT2D eigenvalue weighted by molar-refractivity contribution is 0.288. The molecule has 0 saturated heterocycles. The summed E-state index contributed by atoms with van der Waals surface area (Å²) in [4.78, 5) is 0. The number of benzene rings is 1. The fourth-order valence-corrected chi connectivity index (χ4v) is 7.91. The predicted octanol–water partition coefficient (Wildman–Crippen LogP) is 18.4. The van der Waals surface area contributed by atoms with Gasteiger partial charge in [-0.15, -0.1) is 0 Å². The Hall–Kier alpha value is -1.18. The summed E-state index contributed by atoms with van der Waals surface area (Å²) >= 11 is 0. The van der Waals surface area contributed by atoms with Crippen molar-refractivity contribution in [3.05, 3.63) is 23.8 Å². The fraction of sp³-hybridized carbons (Fsp3) is 0.882. The van der Waals surface area contributed by atoms with Gasteiger partial charge in [0, 0.05) is 6.07 Å². The van der Waals surface area contributed by atoms with Gasteiger partial charge in [0.25, 0.3) is 0 Å². The Bertz CT molecular complexity index is 834. The van der Waals surface area contributed by atoms with E-state index in [1.807, 2.05) is 0 Å². The average Bonchev–Trinajstić information content (AvgIpc) is 3.17. The highest BCUT2D eigenvalue weighted by Gasteiger charge is 2.04. The largest absolute Gasteiger partial charge is 0.493 e. The summed E-state index contributed by atoms with van der Waals surface area (Å²) in [5.74, 6) is 1.97. The molecule has 0 unspecified atom stereocenters. The summed E-state index contributed by atoms with van der Waals surface area (Å²) in [5, 5.41) is 0. The number of unbranched alkanes of at least 4 members (excludes halogenated alkanes) is 38. The van der Waals surface area contributed by atoms with Gasteiger partial charge in [-0.05, 0) is 31.4 Å². The van der Waals surface area contributed by atoms with E-state index in [1.54, 1.807) is 0 Å². The van der Waals surface area contributed by atoms with Crippen LogP contribution in [0, 0.1) is 6.92 Å². The first-order chi connectivity index (χ1) is 26.3. The number of rotatable bonds is 44. The third kappa shape index (κ3) is 36.2. The first-order valence-electron chi connectivity index (χ1n) is 24.6. The van der Waals surface area contributed by atoms with Gasteiger partial charge in [0.05, 0.1) is 13.2 Å². The van der Waals surface area contributed by atoms with Crippen LogP contribution in [0.2, 0.25) is 0 Å². The van der Waals surface area contributed by atoms with E-state index in [-0.39, 0.29) is 0 Å². The summed E-state index contributed by atoms with van der Waals surface area (Å²) < 4.78 is 12.3. The number of aryl methyl sites for hydroxylation is 1. The Kier molecular flexibility index (Phi) is 39.5. The van der Waals surface area contributed by atoms with E-state index in [2.05, 4.69) is 39.0 Å². The van der Waals surface area contributed by atoms with Crippen LogP contribution in [0.1, 0.15) is 276 Å². The molecule has 0 atom stereocenters. The topological polar surface area (TPSA) is 18.5 Å². The zero-order chi connectivity index (χ0) is 38.0. The molecule has 0 aromatic heterocycles. The summed E-state index contributed by atoms with van der Waals surface area (Å²) in [5.41, 5.74) is 1.21. The molecule has 0 amide bonds. The van der Waals surface area contributed by atoms with Gasteiger partial charge < -0.3 is 9.47 Å². The number of ether oxygens (including phenoxy) is 2. The molecule has 0 fully saturated rings. The molecule has 0 bridgehead atoms. The molecule has 0 saturated carbocycles. The number of hydrogen-bond acceptors (Lipinski definition) is 2. The van der Waals surface area contributed by atoms with Crippen LogP contribution in [0.4, 0.5) is 0 Å². The minimum absolute atomic E-state index is 0.820. The molecule has 2 nitrogen and oxygen atoms in total. The third-order valence-corrected chi connectivity index (χ3v) is 11.7. The van der Waals surface area contributed by atoms with Gasteiger partial charge in [-0.3, -0.25) is 0 Å². The molecule has 1 aromatic rings. The fourth-order valence-electron chi connectivity index (χ4n) is 7.91. The maximum absolute atomic E-state index is 6.18. The summed E-state index contributed by atoms with van der Waals surface area (Å²) in [6.45, 7) is 8.40. The predicted molar refractivity (Wildman–Crippen MR) is 238 cm³/mol. The lowest BCUT2D eigenvalue weighted by Crippen LogP contribution is -2.01. The minimum atomic E-state index is 0.820. The van der Waals surface area contributed by atoms with E-state index < -0.39 is 0 Å². The molecule has 0 spiro atoms. The zero-order valence-electron chi connectivity index (χ0n) is 36.7. The van der Waals surface area contributed by atoms with Gasteiger partial charge in [0.1, 0.15) is 11.5 Å². The molecular weight excluding hydrogens is 645 g/mol. The van der Waals surface area contributed by atoms with Crippen molar-refractivity contribution in [2.75, 3.05) is 13.2 Å². The third-order valence-electron chi connectivity index (χ3n) is 11.7. The summed E-state index contributed by atoms with van der Waals surface area (Å²) in [6, 6.07) is 6.37. The normalized spacial score (nSPS) is 11.5. The Labute approximate surface area is 334 Å². The monoisotopic (exact) mass is 741 g/mol. The maximum atomic E-state index is 6.18. The van der Waals surface area contributed by atoms with Crippen LogP contribution in [0.25, 0.3) is 0 Å². The van der Waals surface area contributed by atoms with Gasteiger partial charge in [-0.25, -0.2) is 0 Å². The maximum Gasteiger partial charge on any atom is 0.125 e. The van der Waals surface area contributed by atoms with Crippen LogP contribution >= 0.6 is 0 Å². The van der Waals surface area contributed by atoms with Crippen molar-refractivity contribution in [1.82, 2.24) is 0 Å². The van der Waals surface area contributed by atoms with Crippen LogP contribution in [0.15, 0.2) is 18.2 Å². The summed E-state index contributed by atoms with van der Waals surface area (Å²) in [6.07, 6.45) is 56.8. The van der Waals surface area contributed by atoms with Crippen molar-refractivity contribution in [3.8, 4) is 11.5 Å². The molecule has 0 aliphatic heterocycles. The van der Waals surface area contributed by atoms with Crippen molar-refractivity contribution in [2.45, 2.75) is 278 Å². The first kappa shape index (κ1) is 49.8. The first-order valence-corrected chi connectivity index (χ1v) is 24.6. The van der Waals surface area contributed by atoms with Gasteiger partial charge in [0.15, 0.2) is 0 Å². The van der Waals surface area contributed by atoms with E-state index in [9.17, 15) is 0 Å². The second-order valence-electron chi connectivity index (χ2n) is 17.1. The Morgan fingerprint density at radius 3 is 0.830 bits per heavy atom. The molecule has 2 heteroatoms.